The second kappa shape index (κ2) is 8.07. The molecule has 4 heterocycles. The van der Waals surface area contributed by atoms with Crippen molar-refractivity contribution in [2.24, 2.45) is 5.41 Å². The SMILES string of the molecule is COc1cc(C(=O)N2CCC3(CCC(=O)N(C[C@H]4CCCO4)C3)CC2)ccn1. The van der Waals surface area contributed by atoms with Crippen LogP contribution in [-0.4, -0.2) is 72.6 Å². The number of rotatable bonds is 4. The van der Waals surface area contributed by atoms with Gasteiger partial charge < -0.3 is 19.3 Å². The van der Waals surface area contributed by atoms with Crippen molar-refractivity contribution in [3.05, 3.63) is 23.9 Å². The van der Waals surface area contributed by atoms with Gasteiger partial charge in [0, 0.05) is 57.0 Å². The van der Waals surface area contributed by atoms with Gasteiger partial charge >= 0.3 is 0 Å². The van der Waals surface area contributed by atoms with Gasteiger partial charge in [0.1, 0.15) is 0 Å². The number of hydrogen-bond acceptors (Lipinski definition) is 5. The van der Waals surface area contributed by atoms with Crippen molar-refractivity contribution in [3.63, 3.8) is 0 Å². The molecule has 3 aliphatic heterocycles. The highest BCUT2D eigenvalue weighted by Crippen LogP contribution is 2.40. The molecule has 3 aliphatic rings. The number of likely N-dealkylation sites (tertiary alicyclic amines) is 2. The lowest BCUT2D eigenvalue weighted by molar-refractivity contribution is -0.141. The van der Waals surface area contributed by atoms with E-state index in [2.05, 4.69) is 4.98 Å². The Hall–Kier alpha value is -2.15. The fraction of sp³-hybridized carbons (Fsp3) is 0.667. The van der Waals surface area contributed by atoms with Crippen LogP contribution in [0.5, 0.6) is 5.88 Å². The van der Waals surface area contributed by atoms with E-state index in [4.69, 9.17) is 9.47 Å². The zero-order valence-electron chi connectivity index (χ0n) is 16.6. The number of aromatic nitrogens is 1. The number of hydrogen-bond donors (Lipinski definition) is 0. The molecule has 7 nitrogen and oxygen atoms in total. The molecule has 0 aliphatic carbocycles. The topological polar surface area (TPSA) is 72.0 Å². The number of nitrogens with zero attached hydrogens (tertiary/aromatic N) is 3. The van der Waals surface area contributed by atoms with Crippen LogP contribution in [0.4, 0.5) is 0 Å². The van der Waals surface area contributed by atoms with Crippen molar-refractivity contribution in [2.45, 2.75) is 44.6 Å². The van der Waals surface area contributed by atoms with Crippen molar-refractivity contribution in [1.29, 1.82) is 0 Å². The fourth-order valence-electron chi connectivity index (χ4n) is 4.73. The number of carbonyl (C=O) groups is 2. The van der Waals surface area contributed by atoms with Gasteiger partial charge in [0.15, 0.2) is 0 Å². The molecule has 0 radical (unpaired) electrons. The van der Waals surface area contributed by atoms with Gasteiger partial charge in [-0.05, 0) is 43.6 Å². The summed E-state index contributed by atoms with van der Waals surface area (Å²) in [5.74, 6) is 0.733. The van der Waals surface area contributed by atoms with E-state index < -0.39 is 0 Å². The normalized spacial score (nSPS) is 24.6. The molecule has 3 fully saturated rings. The Morgan fingerprint density at radius 3 is 2.89 bits per heavy atom. The maximum Gasteiger partial charge on any atom is 0.254 e. The molecule has 7 heteroatoms. The van der Waals surface area contributed by atoms with Crippen LogP contribution < -0.4 is 4.74 Å². The highest BCUT2D eigenvalue weighted by molar-refractivity contribution is 5.94. The van der Waals surface area contributed by atoms with Crippen LogP contribution in [-0.2, 0) is 9.53 Å². The van der Waals surface area contributed by atoms with E-state index in [9.17, 15) is 9.59 Å². The Morgan fingerprint density at radius 1 is 1.36 bits per heavy atom. The summed E-state index contributed by atoms with van der Waals surface area (Å²) in [6.45, 7) is 3.79. The molecule has 1 spiro atoms. The molecule has 0 saturated carbocycles. The van der Waals surface area contributed by atoms with E-state index in [0.29, 0.717) is 17.9 Å². The fourth-order valence-corrected chi connectivity index (χ4v) is 4.73. The lowest BCUT2D eigenvalue weighted by Gasteiger charge is -2.47. The van der Waals surface area contributed by atoms with Crippen molar-refractivity contribution < 1.29 is 19.1 Å². The summed E-state index contributed by atoms with van der Waals surface area (Å²) < 4.78 is 10.9. The van der Waals surface area contributed by atoms with Crippen molar-refractivity contribution in [2.75, 3.05) is 39.9 Å². The monoisotopic (exact) mass is 387 g/mol. The highest BCUT2D eigenvalue weighted by atomic mass is 16.5. The van der Waals surface area contributed by atoms with Gasteiger partial charge in [0.25, 0.3) is 5.91 Å². The molecule has 2 amide bonds. The Balaban J connectivity index is 1.37. The van der Waals surface area contributed by atoms with Crippen molar-refractivity contribution >= 4 is 11.8 Å². The average molecular weight is 387 g/mol. The molecular formula is C21H29N3O4. The van der Waals surface area contributed by atoms with E-state index >= 15 is 0 Å². The molecular weight excluding hydrogens is 358 g/mol. The van der Waals surface area contributed by atoms with Gasteiger partial charge in [-0.15, -0.1) is 0 Å². The maximum absolute atomic E-state index is 12.8. The lowest BCUT2D eigenvalue weighted by atomic mass is 9.72. The number of amides is 2. The molecule has 1 atom stereocenters. The smallest absolute Gasteiger partial charge is 0.254 e. The molecule has 0 aromatic carbocycles. The Morgan fingerprint density at radius 2 is 2.18 bits per heavy atom. The molecule has 3 saturated heterocycles. The Labute approximate surface area is 166 Å². The second-order valence-electron chi connectivity index (χ2n) is 8.29. The number of piperidine rings is 2. The Bertz CT molecular complexity index is 724. The molecule has 1 aromatic heterocycles. The Kier molecular flexibility index (Phi) is 5.53. The minimum atomic E-state index is 0.0265. The number of ether oxygens (including phenoxy) is 2. The van der Waals surface area contributed by atoms with Crippen LogP contribution in [0.1, 0.15) is 48.9 Å². The largest absolute Gasteiger partial charge is 0.481 e. The third kappa shape index (κ3) is 3.99. The summed E-state index contributed by atoms with van der Waals surface area (Å²) in [6, 6.07) is 3.42. The second-order valence-corrected chi connectivity index (χ2v) is 8.29. The summed E-state index contributed by atoms with van der Waals surface area (Å²) >= 11 is 0. The third-order valence-electron chi connectivity index (χ3n) is 6.50. The van der Waals surface area contributed by atoms with E-state index in [-0.39, 0.29) is 23.3 Å². The third-order valence-corrected chi connectivity index (χ3v) is 6.50. The summed E-state index contributed by atoms with van der Waals surface area (Å²) in [5, 5.41) is 0. The quantitative estimate of drug-likeness (QED) is 0.791. The van der Waals surface area contributed by atoms with Crippen LogP contribution >= 0.6 is 0 Å². The van der Waals surface area contributed by atoms with E-state index in [1.165, 1.54) is 0 Å². The van der Waals surface area contributed by atoms with E-state index in [1.807, 2.05) is 9.80 Å². The molecule has 152 valence electrons. The van der Waals surface area contributed by atoms with E-state index in [1.54, 1.807) is 25.4 Å². The zero-order valence-corrected chi connectivity index (χ0v) is 16.6. The molecule has 1 aromatic rings. The molecule has 4 rings (SSSR count). The average Bonchev–Trinajstić information content (AvgIpc) is 3.24. The van der Waals surface area contributed by atoms with E-state index in [0.717, 1.165) is 64.9 Å². The van der Waals surface area contributed by atoms with Crippen LogP contribution in [0.25, 0.3) is 0 Å². The van der Waals surface area contributed by atoms with Crippen LogP contribution in [0.15, 0.2) is 18.3 Å². The first kappa shape index (κ1) is 19.2. The molecule has 0 unspecified atom stereocenters. The maximum atomic E-state index is 12.8. The first-order valence-corrected chi connectivity index (χ1v) is 10.3. The zero-order chi connectivity index (χ0) is 19.6. The molecule has 28 heavy (non-hydrogen) atoms. The predicted octanol–water partition coefficient (Wildman–Crippen LogP) is 2.11. The van der Waals surface area contributed by atoms with Crippen LogP contribution in [0.2, 0.25) is 0 Å². The van der Waals surface area contributed by atoms with Crippen LogP contribution in [0.3, 0.4) is 0 Å². The van der Waals surface area contributed by atoms with Crippen LogP contribution in [0, 0.1) is 5.41 Å². The minimum Gasteiger partial charge on any atom is -0.481 e. The lowest BCUT2D eigenvalue weighted by Crippen LogP contribution is -2.53. The summed E-state index contributed by atoms with van der Waals surface area (Å²) in [4.78, 5) is 33.3. The highest BCUT2D eigenvalue weighted by Gasteiger charge is 2.42. The predicted molar refractivity (Wildman–Crippen MR) is 103 cm³/mol. The van der Waals surface area contributed by atoms with Gasteiger partial charge in [-0.3, -0.25) is 9.59 Å². The number of carbonyl (C=O) groups excluding carboxylic acids is 2. The molecule has 0 N–H and O–H groups in total. The summed E-state index contributed by atoms with van der Waals surface area (Å²) in [7, 11) is 1.55. The van der Waals surface area contributed by atoms with Gasteiger partial charge in [-0.25, -0.2) is 4.98 Å². The van der Waals surface area contributed by atoms with Crippen molar-refractivity contribution in [1.82, 2.24) is 14.8 Å². The first-order valence-electron chi connectivity index (χ1n) is 10.3. The summed E-state index contributed by atoms with van der Waals surface area (Å²) in [6.07, 6.45) is 7.37. The number of methoxy groups -OCH3 is 1. The van der Waals surface area contributed by atoms with Gasteiger partial charge in [0.2, 0.25) is 11.8 Å². The first-order chi connectivity index (χ1) is 13.6. The molecule has 0 bridgehead atoms. The minimum absolute atomic E-state index is 0.0265. The summed E-state index contributed by atoms with van der Waals surface area (Å²) in [5.41, 5.74) is 0.751. The van der Waals surface area contributed by atoms with Gasteiger partial charge in [-0.2, -0.15) is 0 Å². The number of pyridine rings is 1. The van der Waals surface area contributed by atoms with Crippen molar-refractivity contribution in [3.8, 4) is 5.88 Å². The van der Waals surface area contributed by atoms with Gasteiger partial charge in [0.05, 0.1) is 13.2 Å². The standard InChI is InChI=1S/C21H29N3O4/c1-27-18-13-16(5-9-22-18)20(26)23-10-7-21(8-11-23)6-4-19(25)24(15-21)14-17-3-2-12-28-17/h5,9,13,17H,2-4,6-8,10-12,14-15H2,1H3/t17-/m1/s1. The van der Waals surface area contributed by atoms with Gasteiger partial charge in [-0.1, -0.05) is 0 Å².